The number of guanidine groups is 1. The Morgan fingerprint density at radius 2 is 1.92 bits per heavy atom. The predicted molar refractivity (Wildman–Crippen MR) is 103 cm³/mol. The molecule has 0 saturated heterocycles. The van der Waals surface area contributed by atoms with Crippen LogP contribution in [0.15, 0.2) is 39.8 Å². The van der Waals surface area contributed by atoms with Gasteiger partial charge < -0.3 is 15.2 Å². The Hall–Kier alpha value is -2.30. The number of aliphatic imine (C=N–C) groups is 1. The molecule has 2 rings (SSSR count). The fourth-order valence-corrected chi connectivity index (χ4v) is 2.89. The van der Waals surface area contributed by atoms with E-state index in [-0.39, 0.29) is 0 Å². The van der Waals surface area contributed by atoms with Crippen LogP contribution in [0.5, 0.6) is 0 Å². The molecule has 0 radical (unpaired) electrons. The first-order valence-corrected chi connectivity index (χ1v) is 9.15. The summed E-state index contributed by atoms with van der Waals surface area (Å²) in [5.41, 5.74) is 3.56. The SMILES string of the molecule is CCc1noc(CC)c1CNC(=NC)NCCC(C)c1ccccc1. The van der Waals surface area contributed by atoms with Gasteiger partial charge in [0.2, 0.25) is 0 Å². The first-order chi connectivity index (χ1) is 12.2. The predicted octanol–water partition coefficient (Wildman–Crippen LogP) is 3.66. The standard InChI is InChI=1S/C20H30N4O/c1-5-18-17(19(6-2)25-24-18)14-23-20(21-4)22-13-12-15(3)16-10-8-7-9-11-16/h7-11,15H,5-6,12-14H2,1-4H3,(H2,21,22,23). The maximum atomic E-state index is 5.41. The lowest BCUT2D eigenvalue weighted by Gasteiger charge is -2.15. The molecule has 25 heavy (non-hydrogen) atoms. The third-order valence-corrected chi connectivity index (χ3v) is 4.50. The summed E-state index contributed by atoms with van der Waals surface area (Å²) in [5.74, 6) is 2.28. The second kappa shape index (κ2) is 9.87. The second-order valence-electron chi connectivity index (χ2n) is 6.19. The highest BCUT2D eigenvalue weighted by Crippen LogP contribution is 2.17. The Balaban J connectivity index is 1.82. The average Bonchev–Trinajstić information content (AvgIpc) is 3.07. The van der Waals surface area contributed by atoms with Gasteiger partial charge in [-0.1, -0.05) is 56.3 Å². The van der Waals surface area contributed by atoms with E-state index in [1.807, 2.05) is 0 Å². The number of hydrogen-bond donors (Lipinski definition) is 2. The van der Waals surface area contributed by atoms with Crippen molar-refractivity contribution in [2.45, 2.75) is 52.5 Å². The number of nitrogens with one attached hydrogen (secondary N) is 2. The van der Waals surface area contributed by atoms with E-state index in [0.29, 0.717) is 12.5 Å². The smallest absolute Gasteiger partial charge is 0.191 e. The van der Waals surface area contributed by atoms with Gasteiger partial charge in [-0.05, 0) is 24.3 Å². The minimum absolute atomic E-state index is 0.517. The molecule has 136 valence electrons. The van der Waals surface area contributed by atoms with Gasteiger partial charge >= 0.3 is 0 Å². The minimum Gasteiger partial charge on any atom is -0.361 e. The number of hydrogen-bond acceptors (Lipinski definition) is 3. The molecule has 0 aliphatic rings. The summed E-state index contributed by atoms with van der Waals surface area (Å²) in [6.45, 7) is 8.00. The average molecular weight is 342 g/mol. The molecule has 1 unspecified atom stereocenters. The zero-order chi connectivity index (χ0) is 18.1. The van der Waals surface area contributed by atoms with Gasteiger partial charge in [-0.2, -0.15) is 0 Å². The van der Waals surface area contributed by atoms with Gasteiger partial charge in [-0.25, -0.2) is 0 Å². The Bertz CT molecular complexity index is 642. The number of rotatable bonds is 8. The second-order valence-corrected chi connectivity index (χ2v) is 6.19. The Kier molecular flexibility index (Phi) is 7.51. The molecule has 1 heterocycles. The lowest BCUT2D eigenvalue weighted by atomic mass is 9.98. The molecule has 5 heteroatoms. The topological polar surface area (TPSA) is 62.5 Å². The summed E-state index contributed by atoms with van der Waals surface area (Å²) < 4.78 is 5.41. The van der Waals surface area contributed by atoms with Crippen molar-refractivity contribution in [1.29, 1.82) is 0 Å². The number of nitrogens with zero attached hydrogens (tertiary/aromatic N) is 2. The summed E-state index contributed by atoms with van der Waals surface area (Å²) >= 11 is 0. The zero-order valence-corrected chi connectivity index (χ0v) is 15.8. The summed E-state index contributed by atoms with van der Waals surface area (Å²) in [4.78, 5) is 4.31. The lowest BCUT2D eigenvalue weighted by molar-refractivity contribution is 0.380. The van der Waals surface area contributed by atoms with E-state index in [2.05, 4.69) is 71.9 Å². The molecule has 0 saturated carbocycles. The molecule has 2 N–H and O–H groups in total. The van der Waals surface area contributed by atoms with Crippen LogP contribution in [0.25, 0.3) is 0 Å². The van der Waals surface area contributed by atoms with Gasteiger partial charge in [-0.15, -0.1) is 0 Å². The first kappa shape index (κ1) is 19.0. The van der Waals surface area contributed by atoms with Crippen LogP contribution in [0.4, 0.5) is 0 Å². The highest BCUT2D eigenvalue weighted by Gasteiger charge is 2.13. The molecule has 1 atom stereocenters. The Labute approximate surface area is 150 Å². The van der Waals surface area contributed by atoms with E-state index in [1.54, 1.807) is 7.05 Å². The maximum Gasteiger partial charge on any atom is 0.191 e. The molecule has 0 amide bonds. The third kappa shape index (κ3) is 5.34. The molecular weight excluding hydrogens is 312 g/mol. The Morgan fingerprint density at radius 1 is 1.16 bits per heavy atom. The van der Waals surface area contributed by atoms with Crippen LogP contribution in [0.1, 0.15) is 55.7 Å². The molecule has 1 aromatic carbocycles. The van der Waals surface area contributed by atoms with Gasteiger partial charge in [0.25, 0.3) is 0 Å². The quantitative estimate of drug-likeness (QED) is 0.568. The molecule has 2 aromatic rings. The van der Waals surface area contributed by atoms with Crippen molar-refractivity contribution < 1.29 is 4.52 Å². The van der Waals surface area contributed by atoms with E-state index in [1.165, 1.54) is 5.56 Å². The molecular formula is C20H30N4O. The van der Waals surface area contributed by atoms with E-state index in [4.69, 9.17) is 4.52 Å². The van der Waals surface area contributed by atoms with E-state index < -0.39 is 0 Å². The molecule has 1 aromatic heterocycles. The summed E-state index contributed by atoms with van der Waals surface area (Å²) in [7, 11) is 1.80. The summed E-state index contributed by atoms with van der Waals surface area (Å²) in [6, 6.07) is 10.6. The van der Waals surface area contributed by atoms with Crippen molar-refractivity contribution in [3.63, 3.8) is 0 Å². The summed E-state index contributed by atoms with van der Waals surface area (Å²) in [6.07, 6.45) is 2.78. The van der Waals surface area contributed by atoms with Crippen LogP contribution in [0, 0.1) is 0 Å². The summed E-state index contributed by atoms with van der Waals surface area (Å²) in [5, 5.41) is 10.9. The van der Waals surface area contributed by atoms with Crippen LogP contribution in [-0.4, -0.2) is 24.7 Å². The van der Waals surface area contributed by atoms with Crippen LogP contribution < -0.4 is 10.6 Å². The van der Waals surface area contributed by atoms with E-state index in [0.717, 1.165) is 48.8 Å². The van der Waals surface area contributed by atoms with Crippen molar-refractivity contribution >= 4 is 5.96 Å². The van der Waals surface area contributed by atoms with Gasteiger partial charge in [0.1, 0.15) is 5.76 Å². The van der Waals surface area contributed by atoms with Crippen LogP contribution in [-0.2, 0) is 19.4 Å². The maximum absolute atomic E-state index is 5.41. The first-order valence-electron chi connectivity index (χ1n) is 9.15. The molecule has 5 nitrogen and oxygen atoms in total. The normalized spacial score (nSPS) is 12.9. The molecule has 0 aliphatic heterocycles. The number of benzene rings is 1. The zero-order valence-electron chi connectivity index (χ0n) is 15.8. The van der Waals surface area contributed by atoms with Gasteiger partial charge in [-0.3, -0.25) is 4.99 Å². The number of aromatic nitrogens is 1. The van der Waals surface area contributed by atoms with E-state index in [9.17, 15) is 0 Å². The fourth-order valence-electron chi connectivity index (χ4n) is 2.89. The van der Waals surface area contributed by atoms with Crippen molar-refractivity contribution in [3.8, 4) is 0 Å². The van der Waals surface area contributed by atoms with Crippen molar-refractivity contribution in [1.82, 2.24) is 15.8 Å². The monoisotopic (exact) mass is 342 g/mol. The fraction of sp³-hybridized carbons (Fsp3) is 0.500. The van der Waals surface area contributed by atoms with Gasteiger partial charge in [0.05, 0.1) is 5.69 Å². The highest BCUT2D eigenvalue weighted by molar-refractivity contribution is 5.79. The highest BCUT2D eigenvalue weighted by atomic mass is 16.5. The lowest BCUT2D eigenvalue weighted by Crippen LogP contribution is -2.37. The van der Waals surface area contributed by atoms with Crippen LogP contribution in [0.3, 0.4) is 0 Å². The van der Waals surface area contributed by atoms with Crippen LogP contribution >= 0.6 is 0 Å². The third-order valence-electron chi connectivity index (χ3n) is 4.50. The number of aryl methyl sites for hydroxylation is 2. The van der Waals surface area contributed by atoms with Gasteiger partial charge in [0, 0.05) is 32.1 Å². The van der Waals surface area contributed by atoms with Crippen LogP contribution in [0.2, 0.25) is 0 Å². The molecule has 0 fully saturated rings. The van der Waals surface area contributed by atoms with Crippen molar-refractivity contribution in [3.05, 3.63) is 52.9 Å². The van der Waals surface area contributed by atoms with Crippen molar-refractivity contribution in [2.24, 2.45) is 4.99 Å². The Morgan fingerprint density at radius 3 is 2.56 bits per heavy atom. The van der Waals surface area contributed by atoms with E-state index >= 15 is 0 Å². The molecule has 0 aliphatic carbocycles. The minimum atomic E-state index is 0.517. The largest absolute Gasteiger partial charge is 0.361 e. The van der Waals surface area contributed by atoms with Crippen molar-refractivity contribution in [2.75, 3.05) is 13.6 Å². The molecule has 0 spiro atoms. The van der Waals surface area contributed by atoms with Gasteiger partial charge in [0.15, 0.2) is 5.96 Å². The molecule has 0 bridgehead atoms.